The van der Waals surface area contributed by atoms with E-state index in [1.54, 1.807) is 6.92 Å². The second kappa shape index (κ2) is 6.48. The van der Waals surface area contributed by atoms with Crippen LogP contribution in [0.4, 0.5) is 4.39 Å². The number of nitrogens with one attached hydrogen (secondary N) is 1. The van der Waals surface area contributed by atoms with Crippen molar-refractivity contribution in [3.8, 4) is 0 Å². The molecule has 0 aliphatic carbocycles. The molecule has 1 amide bonds. The van der Waals surface area contributed by atoms with Crippen LogP contribution in [0.25, 0.3) is 0 Å². The topological polar surface area (TPSA) is 49.3 Å². The molecule has 3 nitrogen and oxygen atoms in total. The summed E-state index contributed by atoms with van der Waals surface area (Å²) in [7, 11) is 0. The van der Waals surface area contributed by atoms with Gasteiger partial charge in [-0.15, -0.1) is 0 Å². The van der Waals surface area contributed by atoms with Gasteiger partial charge in [0, 0.05) is 12.1 Å². The fraction of sp³-hybridized carbons (Fsp3) is 0.500. The van der Waals surface area contributed by atoms with Crippen LogP contribution in [0.15, 0.2) is 22.7 Å². The van der Waals surface area contributed by atoms with E-state index in [2.05, 4.69) is 21.2 Å². The number of hydrogen-bond donors (Lipinski definition) is 2. The highest BCUT2D eigenvalue weighted by atomic mass is 79.9. The number of amides is 1. The Kier molecular flexibility index (Phi) is 5.50. The number of benzene rings is 1. The molecule has 0 aromatic heterocycles. The van der Waals surface area contributed by atoms with Crippen LogP contribution in [0.5, 0.6) is 0 Å². The van der Waals surface area contributed by atoms with Gasteiger partial charge in [0.05, 0.1) is 10.1 Å². The molecule has 106 valence electrons. The molecule has 1 aromatic rings. The predicted octanol–water partition coefficient (Wildman–Crippen LogP) is 3.12. The van der Waals surface area contributed by atoms with E-state index < -0.39 is 17.3 Å². The minimum Gasteiger partial charge on any atom is -0.388 e. The summed E-state index contributed by atoms with van der Waals surface area (Å²) in [6, 6.07) is 4.17. The van der Waals surface area contributed by atoms with Crippen LogP contribution in [0, 0.1) is 11.7 Å². The third kappa shape index (κ3) is 5.28. The number of aliphatic hydroxyl groups is 1. The van der Waals surface area contributed by atoms with E-state index in [1.165, 1.54) is 12.1 Å². The standard InChI is InChI=1S/C14H19BrFNO2/c1-9(2)7-14(3,19)8-17-13(18)10-4-5-11(15)12(16)6-10/h4-6,9,19H,7-8H2,1-3H3,(H,17,18). The van der Waals surface area contributed by atoms with Gasteiger partial charge in [0.25, 0.3) is 5.91 Å². The third-order valence-electron chi connectivity index (χ3n) is 2.66. The second-order valence-electron chi connectivity index (χ2n) is 5.41. The van der Waals surface area contributed by atoms with Crippen molar-refractivity contribution in [3.05, 3.63) is 34.1 Å². The highest BCUT2D eigenvalue weighted by Gasteiger charge is 2.22. The largest absolute Gasteiger partial charge is 0.388 e. The Hall–Kier alpha value is -0.940. The number of halogens is 2. The van der Waals surface area contributed by atoms with Gasteiger partial charge in [-0.2, -0.15) is 0 Å². The lowest BCUT2D eigenvalue weighted by atomic mass is 9.94. The minimum absolute atomic E-state index is 0.141. The summed E-state index contributed by atoms with van der Waals surface area (Å²) in [5, 5.41) is 12.7. The van der Waals surface area contributed by atoms with Crippen molar-refractivity contribution in [2.24, 2.45) is 5.92 Å². The van der Waals surface area contributed by atoms with Gasteiger partial charge < -0.3 is 10.4 Å². The SMILES string of the molecule is CC(C)CC(C)(O)CNC(=O)c1ccc(Br)c(F)c1. The Morgan fingerprint density at radius 3 is 2.68 bits per heavy atom. The average molecular weight is 332 g/mol. The van der Waals surface area contributed by atoms with Crippen LogP contribution in [-0.2, 0) is 0 Å². The normalized spacial score (nSPS) is 14.3. The van der Waals surface area contributed by atoms with Gasteiger partial charge in [-0.05, 0) is 53.4 Å². The van der Waals surface area contributed by atoms with Gasteiger partial charge in [0.2, 0.25) is 0 Å². The summed E-state index contributed by atoms with van der Waals surface area (Å²) >= 11 is 3.03. The van der Waals surface area contributed by atoms with Gasteiger partial charge in [0.15, 0.2) is 0 Å². The van der Waals surface area contributed by atoms with Gasteiger partial charge in [-0.1, -0.05) is 13.8 Å². The summed E-state index contributed by atoms with van der Waals surface area (Å²) < 4.78 is 13.6. The van der Waals surface area contributed by atoms with Crippen LogP contribution in [0.2, 0.25) is 0 Å². The first-order valence-electron chi connectivity index (χ1n) is 6.17. The zero-order valence-corrected chi connectivity index (χ0v) is 12.9. The molecule has 5 heteroatoms. The van der Waals surface area contributed by atoms with Crippen molar-refractivity contribution in [2.45, 2.75) is 32.8 Å². The first-order valence-corrected chi connectivity index (χ1v) is 6.96. The van der Waals surface area contributed by atoms with Crippen LogP contribution < -0.4 is 5.32 Å². The van der Waals surface area contributed by atoms with E-state index >= 15 is 0 Å². The van der Waals surface area contributed by atoms with E-state index in [1.807, 2.05) is 13.8 Å². The molecule has 0 aliphatic heterocycles. The first-order chi connectivity index (χ1) is 8.71. The number of carbonyl (C=O) groups is 1. The molecule has 19 heavy (non-hydrogen) atoms. The monoisotopic (exact) mass is 331 g/mol. The molecule has 0 spiro atoms. The molecular formula is C14H19BrFNO2. The van der Waals surface area contributed by atoms with Crippen molar-refractivity contribution in [1.82, 2.24) is 5.32 Å². The number of hydrogen-bond acceptors (Lipinski definition) is 2. The van der Waals surface area contributed by atoms with Crippen LogP contribution in [-0.4, -0.2) is 23.2 Å². The van der Waals surface area contributed by atoms with Crippen LogP contribution in [0.3, 0.4) is 0 Å². The molecular weight excluding hydrogens is 313 g/mol. The fourth-order valence-electron chi connectivity index (χ4n) is 1.96. The van der Waals surface area contributed by atoms with Crippen LogP contribution in [0.1, 0.15) is 37.6 Å². The first kappa shape index (κ1) is 16.1. The second-order valence-corrected chi connectivity index (χ2v) is 6.26. The Labute approximate surface area is 121 Å². The lowest BCUT2D eigenvalue weighted by Gasteiger charge is -2.25. The van der Waals surface area contributed by atoms with Gasteiger partial charge in [-0.25, -0.2) is 4.39 Å². The molecule has 0 saturated heterocycles. The number of carbonyl (C=O) groups excluding carboxylic acids is 1. The highest BCUT2D eigenvalue weighted by Crippen LogP contribution is 2.17. The van der Waals surface area contributed by atoms with Gasteiger partial charge in [-0.3, -0.25) is 4.79 Å². The molecule has 2 N–H and O–H groups in total. The van der Waals surface area contributed by atoms with Gasteiger partial charge in [0.1, 0.15) is 5.82 Å². The summed E-state index contributed by atoms with van der Waals surface area (Å²) in [4.78, 5) is 11.8. The van der Waals surface area contributed by atoms with Crippen molar-refractivity contribution in [3.63, 3.8) is 0 Å². The fourth-order valence-corrected chi connectivity index (χ4v) is 2.21. The summed E-state index contributed by atoms with van der Waals surface area (Å²) in [5.41, 5.74) is -0.723. The van der Waals surface area contributed by atoms with Crippen molar-refractivity contribution >= 4 is 21.8 Å². The smallest absolute Gasteiger partial charge is 0.251 e. The lowest BCUT2D eigenvalue weighted by molar-refractivity contribution is 0.0368. The molecule has 0 radical (unpaired) electrons. The van der Waals surface area contributed by atoms with E-state index in [0.717, 1.165) is 6.07 Å². The van der Waals surface area contributed by atoms with Gasteiger partial charge >= 0.3 is 0 Å². The Balaban J connectivity index is 2.62. The van der Waals surface area contributed by atoms with Crippen molar-refractivity contribution in [1.29, 1.82) is 0 Å². The summed E-state index contributed by atoms with van der Waals surface area (Å²) in [6.45, 7) is 5.82. The third-order valence-corrected chi connectivity index (χ3v) is 3.30. The quantitative estimate of drug-likeness (QED) is 0.870. The van der Waals surface area contributed by atoms with E-state index in [-0.39, 0.29) is 12.1 Å². The molecule has 1 rings (SSSR count). The molecule has 0 saturated carbocycles. The Morgan fingerprint density at radius 1 is 1.53 bits per heavy atom. The zero-order valence-electron chi connectivity index (χ0n) is 11.3. The Morgan fingerprint density at radius 2 is 2.16 bits per heavy atom. The summed E-state index contributed by atoms with van der Waals surface area (Å²) in [5.74, 6) is -0.547. The predicted molar refractivity (Wildman–Crippen MR) is 76.5 cm³/mol. The van der Waals surface area contributed by atoms with Crippen molar-refractivity contribution in [2.75, 3.05) is 6.54 Å². The molecule has 0 aliphatic rings. The van der Waals surface area contributed by atoms with E-state index in [0.29, 0.717) is 16.8 Å². The van der Waals surface area contributed by atoms with Crippen molar-refractivity contribution < 1.29 is 14.3 Å². The highest BCUT2D eigenvalue weighted by molar-refractivity contribution is 9.10. The van der Waals surface area contributed by atoms with E-state index in [4.69, 9.17) is 0 Å². The molecule has 1 unspecified atom stereocenters. The zero-order chi connectivity index (χ0) is 14.6. The van der Waals surface area contributed by atoms with Crippen LogP contribution >= 0.6 is 15.9 Å². The molecule has 0 heterocycles. The maximum absolute atomic E-state index is 13.3. The molecule has 0 bridgehead atoms. The molecule has 1 atom stereocenters. The minimum atomic E-state index is -0.961. The maximum Gasteiger partial charge on any atom is 0.251 e. The van der Waals surface area contributed by atoms with E-state index in [9.17, 15) is 14.3 Å². The maximum atomic E-state index is 13.3. The molecule has 1 aromatic carbocycles. The lowest BCUT2D eigenvalue weighted by Crippen LogP contribution is -2.41. The average Bonchev–Trinajstić information content (AvgIpc) is 2.28. The summed E-state index contributed by atoms with van der Waals surface area (Å²) in [6.07, 6.45) is 0.585. The number of rotatable bonds is 5. The molecule has 0 fully saturated rings. The Bertz CT molecular complexity index is 461.